The molecule has 0 aliphatic carbocycles. The Hall–Kier alpha value is -1.98. The van der Waals surface area contributed by atoms with Crippen LogP contribution in [0, 0.1) is 0 Å². The van der Waals surface area contributed by atoms with Crippen molar-refractivity contribution in [1.29, 1.82) is 0 Å². The van der Waals surface area contributed by atoms with Crippen LogP contribution in [0.25, 0.3) is 10.8 Å². The Balaban J connectivity index is 1.49. The van der Waals surface area contributed by atoms with E-state index < -0.39 is 9.84 Å². The Morgan fingerprint density at radius 1 is 0.920 bits per heavy atom. The number of sulfone groups is 1. The Labute approximate surface area is 152 Å². The molecule has 0 saturated carbocycles. The standard InChI is InChI=1S/C20H20O3S2/c1-25(21,22)18-12-10-17(11-13-18)24-15-5-14-23-20-9-4-7-16-6-2-3-8-19(16)20/h2-4,6-13H,5,14-15H2,1H3. The fourth-order valence-electron chi connectivity index (χ4n) is 2.54. The summed E-state index contributed by atoms with van der Waals surface area (Å²) in [6.45, 7) is 0.655. The van der Waals surface area contributed by atoms with Crippen LogP contribution in [-0.2, 0) is 9.84 Å². The van der Waals surface area contributed by atoms with Gasteiger partial charge < -0.3 is 4.74 Å². The highest BCUT2D eigenvalue weighted by Gasteiger charge is 2.06. The maximum absolute atomic E-state index is 11.4. The summed E-state index contributed by atoms with van der Waals surface area (Å²) >= 11 is 1.70. The monoisotopic (exact) mass is 372 g/mol. The Kier molecular flexibility index (Phi) is 5.66. The summed E-state index contributed by atoms with van der Waals surface area (Å²) in [5.41, 5.74) is 0. The molecule has 0 saturated heterocycles. The van der Waals surface area contributed by atoms with Gasteiger partial charge in [-0.3, -0.25) is 0 Å². The van der Waals surface area contributed by atoms with Crippen LogP contribution in [0.2, 0.25) is 0 Å². The second kappa shape index (κ2) is 7.93. The van der Waals surface area contributed by atoms with E-state index in [4.69, 9.17) is 4.74 Å². The van der Waals surface area contributed by atoms with E-state index in [9.17, 15) is 8.42 Å². The van der Waals surface area contributed by atoms with Crippen LogP contribution in [0.3, 0.4) is 0 Å². The molecule has 0 fully saturated rings. The lowest BCUT2D eigenvalue weighted by molar-refractivity contribution is 0.322. The number of ether oxygens (including phenoxy) is 1. The molecule has 0 spiro atoms. The van der Waals surface area contributed by atoms with Crippen molar-refractivity contribution in [2.75, 3.05) is 18.6 Å². The van der Waals surface area contributed by atoms with E-state index >= 15 is 0 Å². The zero-order valence-corrected chi connectivity index (χ0v) is 15.6. The van der Waals surface area contributed by atoms with E-state index in [2.05, 4.69) is 18.2 Å². The minimum atomic E-state index is -3.13. The molecule has 3 aromatic carbocycles. The van der Waals surface area contributed by atoms with E-state index in [0.29, 0.717) is 11.5 Å². The molecule has 0 atom stereocenters. The van der Waals surface area contributed by atoms with Crippen LogP contribution in [0.15, 0.2) is 76.5 Å². The van der Waals surface area contributed by atoms with Crippen LogP contribution in [0.1, 0.15) is 6.42 Å². The first-order valence-corrected chi connectivity index (χ1v) is 11.0. The first-order chi connectivity index (χ1) is 12.0. The Bertz CT molecular complexity index is 943. The third kappa shape index (κ3) is 4.77. The van der Waals surface area contributed by atoms with Crippen molar-refractivity contribution in [2.24, 2.45) is 0 Å². The third-order valence-electron chi connectivity index (χ3n) is 3.82. The molecule has 0 aliphatic heterocycles. The number of hydrogen-bond acceptors (Lipinski definition) is 4. The average molecular weight is 373 g/mol. The van der Waals surface area contributed by atoms with Crippen molar-refractivity contribution in [2.45, 2.75) is 16.2 Å². The van der Waals surface area contributed by atoms with Gasteiger partial charge >= 0.3 is 0 Å². The van der Waals surface area contributed by atoms with E-state index in [1.165, 1.54) is 11.6 Å². The highest BCUT2D eigenvalue weighted by Crippen LogP contribution is 2.26. The topological polar surface area (TPSA) is 43.4 Å². The molecule has 5 heteroatoms. The molecule has 0 heterocycles. The predicted octanol–water partition coefficient (Wildman–Crippen LogP) is 4.80. The van der Waals surface area contributed by atoms with Crippen molar-refractivity contribution in [3.63, 3.8) is 0 Å². The third-order valence-corrected chi connectivity index (χ3v) is 6.04. The minimum absolute atomic E-state index is 0.358. The van der Waals surface area contributed by atoms with Gasteiger partial charge in [0.2, 0.25) is 0 Å². The zero-order chi connectivity index (χ0) is 17.7. The van der Waals surface area contributed by atoms with Gasteiger partial charge in [0.1, 0.15) is 5.75 Å². The highest BCUT2D eigenvalue weighted by atomic mass is 32.2. The molecule has 3 rings (SSSR count). The number of rotatable bonds is 7. The van der Waals surface area contributed by atoms with Crippen molar-refractivity contribution in [1.82, 2.24) is 0 Å². The fraction of sp³-hybridized carbons (Fsp3) is 0.200. The van der Waals surface area contributed by atoms with Gasteiger partial charge in [-0.25, -0.2) is 8.42 Å². The average Bonchev–Trinajstić information content (AvgIpc) is 2.61. The molecule has 0 aliphatic rings. The van der Waals surface area contributed by atoms with Gasteiger partial charge in [0.15, 0.2) is 9.84 Å². The summed E-state index contributed by atoms with van der Waals surface area (Å²) in [5.74, 6) is 1.84. The molecule has 3 aromatic rings. The lowest BCUT2D eigenvalue weighted by Gasteiger charge is -2.09. The molecule has 130 valence electrons. The molecule has 0 radical (unpaired) electrons. The van der Waals surface area contributed by atoms with Crippen LogP contribution in [0.4, 0.5) is 0 Å². The van der Waals surface area contributed by atoms with E-state index in [1.807, 2.05) is 36.4 Å². The van der Waals surface area contributed by atoms with Gasteiger partial charge in [0, 0.05) is 22.3 Å². The van der Waals surface area contributed by atoms with E-state index in [-0.39, 0.29) is 0 Å². The number of thioether (sulfide) groups is 1. The molecule has 0 bridgehead atoms. The lowest BCUT2D eigenvalue weighted by Crippen LogP contribution is -1.99. The Morgan fingerprint density at radius 3 is 2.40 bits per heavy atom. The maximum Gasteiger partial charge on any atom is 0.175 e. The maximum atomic E-state index is 11.4. The largest absolute Gasteiger partial charge is 0.493 e. The molecule has 3 nitrogen and oxygen atoms in total. The number of benzene rings is 3. The molecule has 0 unspecified atom stereocenters. The van der Waals surface area contributed by atoms with Gasteiger partial charge in [-0.05, 0) is 42.1 Å². The SMILES string of the molecule is CS(=O)(=O)c1ccc(SCCCOc2cccc3ccccc23)cc1. The normalized spacial score (nSPS) is 11.6. The number of fused-ring (bicyclic) bond motifs is 1. The van der Waals surface area contributed by atoms with Crippen LogP contribution < -0.4 is 4.74 Å². The predicted molar refractivity (Wildman–Crippen MR) is 104 cm³/mol. The van der Waals surface area contributed by atoms with Crippen molar-refractivity contribution >= 4 is 32.4 Å². The Morgan fingerprint density at radius 2 is 1.64 bits per heavy atom. The quantitative estimate of drug-likeness (QED) is 0.441. The van der Waals surface area contributed by atoms with Crippen molar-refractivity contribution in [3.8, 4) is 5.75 Å². The fourth-order valence-corrected chi connectivity index (χ4v) is 3.99. The van der Waals surface area contributed by atoms with Gasteiger partial charge in [-0.1, -0.05) is 36.4 Å². The van der Waals surface area contributed by atoms with Crippen molar-refractivity contribution in [3.05, 3.63) is 66.7 Å². The van der Waals surface area contributed by atoms with E-state index in [1.54, 1.807) is 23.9 Å². The molecule has 0 aromatic heterocycles. The molecule has 0 amide bonds. The van der Waals surface area contributed by atoms with Crippen LogP contribution in [0.5, 0.6) is 5.75 Å². The summed E-state index contributed by atoms with van der Waals surface area (Å²) < 4.78 is 28.8. The summed E-state index contributed by atoms with van der Waals surface area (Å²) in [6.07, 6.45) is 2.14. The molecule has 25 heavy (non-hydrogen) atoms. The molecule has 0 N–H and O–H groups in total. The van der Waals surface area contributed by atoms with Crippen LogP contribution >= 0.6 is 11.8 Å². The smallest absolute Gasteiger partial charge is 0.175 e. The first-order valence-electron chi connectivity index (χ1n) is 8.07. The summed E-state index contributed by atoms with van der Waals surface area (Å²) in [6, 6.07) is 21.3. The van der Waals surface area contributed by atoms with Crippen molar-refractivity contribution < 1.29 is 13.2 Å². The summed E-state index contributed by atoms with van der Waals surface area (Å²) in [4.78, 5) is 1.42. The van der Waals surface area contributed by atoms with E-state index in [0.717, 1.165) is 28.2 Å². The summed E-state index contributed by atoms with van der Waals surface area (Å²) in [5, 5.41) is 2.31. The second-order valence-electron chi connectivity index (χ2n) is 5.77. The molecular formula is C20H20O3S2. The van der Waals surface area contributed by atoms with Gasteiger partial charge in [0.25, 0.3) is 0 Å². The van der Waals surface area contributed by atoms with Gasteiger partial charge in [-0.15, -0.1) is 11.8 Å². The second-order valence-corrected chi connectivity index (χ2v) is 8.96. The van der Waals surface area contributed by atoms with Gasteiger partial charge in [-0.2, -0.15) is 0 Å². The molecular weight excluding hydrogens is 352 g/mol. The van der Waals surface area contributed by atoms with Gasteiger partial charge in [0.05, 0.1) is 11.5 Å². The highest BCUT2D eigenvalue weighted by molar-refractivity contribution is 7.99. The number of hydrogen-bond donors (Lipinski definition) is 0. The zero-order valence-electron chi connectivity index (χ0n) is 14.0. The van der Waals surface area contributed by atoms with Crippen LogP contribution in [-0.4, -0.2) is 27.0 Å². The summed E-state index contributed by atoms with van der Waals surface area (Å²) in [7, 11) is -3.13. The minimum Gasteiger partial charge on any atom is -0.493 e. The first kappa shape index (κ1) is 17.8. The lowest BCUT2D eigenvalue weighted by atomic mass is 10.1.